The number of thiazole rings is 1. The van der Waals surface area contributed by atoms with Gasteiger partial charge in [-0.15, -0.1) is 22.7 Å². The van der Waals surface area contributed by atoms with E-state index in [1.165, 1.54) is 21.1 Å². The SMILES string of the molecule is NCc1ccc(CCc2csc(N)n2)s1. The van der Waals surface area contributed by atoms with Crippen LogP contribution in [0.3, 0.4) is 0 Å². The lowest BCUT2D eigenvalue weighted by atomic mass is 10.2. The summed E-state index contributed by atoms with van der Waals surface area (Å²) in [6, 6.07) is 4.23. The molecule has 80 valence electrons. The van der Waals surface area contributed by atoms with Crippen molar-refractivity contribution >= 4 is 27.8 Å². The number of nitrogen functional groups attached to an aromatic ring is 1. The number of nitrogens with zero attached hydrogens (tertiary/aromatic N) is 1. The highest BCUT2D eigenvalue weighted by Crippen LogP contribution is 2.19. The number of hydrogen-bond donors (Lipinski definition) is 2. The molecular formula is C10H13N3S2. The largest absolute Gasteiger partial charge is 0.375 e. The summed E-state index contributed by atoms with van der Waals surface area (Å²) in [6.07, 6.45) is 1.98. The lowest BCUT2D eigenvalue weighted by molar-refractivity contribution is 0.944. The third-order valence-electron chi connectivity index (χ3n) is 2.12. The highest BCUT2D eigenvalue weighted by Gasteiger charge is 2.02. The molecule has 0 aliphatic rings. The second-order valence-corrected chi connectivity index (χ2v) is 5.39. The van der Waals surface area contributed by atoms with E-state index in [1.54, 1.807) is 11.3 Å². The van der Waals surface area contributed by atoms with Crippen molar-refractivity contribution in [3.63, 3.8) is 0 Å². The molecule has 0 amide bonds. The fourth-order valence-electron chi connectivity index (χ4n) is 1.36. The summed E-state index contributed by atoms with van der Waals surface area (Å²) in [7, 11) is 0. The molecule has 0 aromatic carbocycles. The fourth-order valence-corrected chi connectivity index (χ4v) is 2.85. The Morgan fingerprint density at radius 2 is 2.00 bits per heavy atom. The van der Waals surface area contributed by atoms with Gasteiger partial charge in [0.2, 0.25) is 0 Å². The number of rotatable bonds is 4. The minimum atomic E-state index is 0.633. The van der Waals surface area contributed by atoms with Gasteiger partial charge in [-0.25, -0.2) is 4.98 Å². The van der Waals surface area contributed by atoms with Gasteiger partial charge in [-0.2, -0.15) is 0 Å². The van der Waals surface area contributed by atoms with E-state index >= 15 is 0 Å². The highest BCUT2D eigenvalue weighted by atomic mass is 32.1. The number of nitrogens with two attached hydrogens (primary N) is 2. The molecule has 2 aromatic rings. The molecule has 15 heavy (non-hydrogen) atoms. The van der Waals surface area contributed by atoms with Crippen LogP contribution in [-0.2, 0) is 19.4 Å². The van der Waals surface area contributed by atoms with Crippen molar-refractivity contribution in [2.45, 2.75) is 19.4 Å². The first kappa shape index (κ1) is 10.6. The van der Waals surface area contributed by atoms with Crippen molar-refractivity contribution in [2.75, 3.05) is 5.73 Å². The minimum absolute atomic E-state index is 0.633. The lowest BCUT2D eigenvalue weighted by Gasteiger charge is -1.93. The molecule has 0 radical (unpaired) electrons. The van der Waals surface area contributed by atoms with Gasteiger partial charge in [0.05, 0.1) is 5.69 Å². The molecule has 0 atom stereocenters. The van der Waals surface area contributed by atoms with Crippen molar-refractivity contribution in [2.24, 2.45) is 5.73 Å². The quantitative estimate of drug-likeness (QED) is 0.858. The van der Waals surface area contributed by atoms with Crippen LogP contribution in [0.5, 0.6) is 0 Å². The predicted octanol–water partition coefficient (Wildman–Crippen LogP) is 2.03. The molecule has 5 heteroatoms. The molecule has 0 saturated heterocycles. The molecule has 2 rings (SSSR count). The van der Waals surface area contributed by atoms with Crippen molar-refractivity contribution in [1.29, 1.82) is 0 Å². The van der Waals surface area contributed by atoms with Crippen molar-refractivity contribution in [3.8, 4) is 0 Å². The molecule has 2 heterocycles. The van der Waals surface area contributed by atoms with Gasteiger partial charge < -0.3 is 11.5 Å². The van der Waals surface area contributed by atoms with Crippen molar-refractivity contribution in [1.82, 2.24) is 4.98 Å². The zero-order valence-corrected chi connectivity index (χ0v) is 9.90. The van der Waals surface area contributed by atoms with Gasteiger partial charge in [-0.3, -0.25) is 0 Å². The standard InChI is InChI=1S/C10H13N3S2/c11-5-9-4-3-8(15-9)2-1-7-6-14-10(12)13-7/h3-4,6H,1-2,5,11H2,(H2,12,13). The minimum Gasteiger partial charge on any atom is -0.375 e. The first-order chi connectivity index (χ1) is 7.28. The Labute approximate surface area is 96.8 Å². The third kappa shape index (κ3) is 2.77. The predicted molar refractivity (Wildman–Crippen MR) is 66.1 cm³/mol. The molecule has 0 unspecified atom stereocenters. The summed E-state index contributed by atoms with van der Waals surface area (Å²) >= 11 is 3.28. The summed E-state index contributed by atoms with van der Waals surface area (Å²) in [5.41, 5.74) is 12.2. The van der Waals surface area contributed by atoms with E-state index in [-0.39, 0.29) is 0 Å². The Balaban J connectivity index is 1.93. The average Bonchev–Trinajstić information content (AvgIpc) is 2.83. The third-order valence-corrected chi connectivity index (χ3v) is 4.01. The van der Waals surface area contributed by atoms with Crippen LogP contribution >= 0.6 is 22.7 Å². The molecule has 0 fully saturated rings. The number of aryl methyl sites for hydroxylation is 2. The van der Waals surface area contributed by atoms with E-state index in [4.69, 9.17) is 11.5 Å². The Hall–Kier alpha value is -0.910. The lowest BCUT2D eigenvalue weighted by Crippen LogP contribution is -1.91. The van der Waals surface area contributed by atoms with Gasteiger partial charge in [0, 0.05) is 21.7 Å². The summed E-state index contributed by atoms with van der Waals surface area (Å²) < 4.78 is 0. The van der Waals surface area contributed by atoms with Crippen molar-refractivity contribution < 1.29 is 0 Å². The Bertz CT molecular complexity index is 433. The van der Waals surface area contributed by atoms with E-state index in [2.05, 4.69) is 17.1 Å². The van der Waals surface area contributed by atoms with E-state index in [0.717, 1.165) is 18.5 Å². The van der Waals surface area contributed by atoms with Crippen LogP contribution in [0.25, 0.3) is 0 Å². The normalized spacial score (nSPS) is 10.7. The molecule has 0 saturated carbocycles. The maximum atomic E-state index is 5.57. The summed E-state index contributed by atoms with van der Waals surface area (Å²) in [4.78, 5) is 6.83. The van der Waals surface area contributed by atoms with Crippen molar-refractivity contribution in [3.05, 3.63) is 33.0 Å². The van der Waals surface area contributed by atoms with Gasteiger partial charge in [0.1, 0.15) is 0 Å². The van der Waals surface area contributed by atoms with E-state index < -0.39 is 0 Å². The molecule has 0 spiro atoms. The van der Waals surface area contributed by atoms with Crippen LogP contribution in [0.15, 0.2) is 17.5 Å². The van der Waals surface area contributed by atoms with Gasteiger partial charge in [0.15, 0.2) is 5.13 Å². The van der Waals surface area contributed by atoms with Crippen LogP contribution in [0, 0.1) is 0 Å². The zero-order valence-electron chi connectivity index (χ0n) is 8.27. The Kier molecular flexibility index (Phi) is 3.35. The Morgan fingerprint density at radius 3 is 2.60 bits per heavy atom. The monoisotopic (exact) mass is 239 g/mol. The van der Waals surface area contributed by atoms with Crippen LogP contribution in [0.4, 0.5) is 5.13 Å². The molecule has 0 aliphatic heterocycles. The van der Waals surface area contributed by atoms with E-state index in [9.17, 15) is 0 Å². The number of hydrogen-bond acceptors (Lipinski definition) is 5. The average molecular weight is 239 g/mol. The number of thiophene rings is 1. The molecule has 0 aliphatic carbocycles. The van der Waals surface area contributed by atoms with Gasteiger partial charge in [0.25, 0.3) is 0 Å². The summed E-state index contributed by atoms with van der Waals surface area (Å²) in [6.45, 7) is 0.633. The fraction of sp³-hybridized carbons (Fsp3) is 0.300. The smallest absolute Gasteiger partial charge is 0.180 e. The zero-order chi connectivity index (χ0) is 10.7. The summed E-state index contributed by atoms with van der Waals surface area (Å²) in [5.74, 6) is 0. The first-order valence-corrected chi connectivity index (χ1v) is 6.45. The van der Waals surface area contributed by atoms with E-state index in [1.807, 2.05) is 5.38 Å². The highest BCUT2D eigenvalue weighted by molar-refractivity contribution is 7.13. The van der Waals surface area contributed by atoms with Crippen LogP contribution in [-0.4, -0.2) is 4.98 Å². The molecule has 2 aromatic heterocycles. The second-order valence-electron chi connectivity index (χ2n) is 3.25. The van der Waals surface area contributed by atoms with Gasteiger partial charge >= 0.3 is 0 Å². The van der Waals surface area contributed by atoms with Gasteiger partial charge in [-0.1, -0.05) is 0 Å². The molecule has 3 nitrogen and oxygen atoms in total. The number of aromatic nitrogens is 1. The Morgan fingerprint density at radius 1 is 1.20 bits per heavy atom. The molecule has 0 bridgehead atoms. The van der Waals surface area contributed by atoms with Crippen LogP contribution in [0.1, 0.15) is 15.4 Å². The van der Waals surface area contributed by atoms with E-state index in [0.29, 0.717) is 11.7 Å². The first-order valence-electron chi connectivity index (χ1n) is 4.75. The maximum absolute atomic E-state index is 5.57. The van der Waals surface area contributed by atoms with Gasteiger partial charge in [-0.05, 0) is 25.0 Å². The molecule has 4 N–H and O–H groups in total. The van der Waals surface area contributed by atoms with Crippen LogP contribution < -0.4 is 11.5 Å². The maximum Gasteiger partial charge on any atom is 0.180 e. The molecular weight excluding hydrogens is 226 g/mol. The number of anilines is 1. The summed E-state index contributed by atoms with van der Waals surface area (Å²) in [5, 5.41) is 2.67. The second kappa shape index (κ2) is 4.74. The van der Waals surface area contributed by atoms with Crippen LogP contribution in [0.2, 0.25) is 0 Å². The topological polar surface area (TPSA) is 64.9 Å².